The minimum absolute atomic E-state index is 0.0835. The van der Waals surface area contributed by atoms with E-state index >= 15 is 0 Å². The average Bonchev–Trinajstić information content (AvgIpc) is 3.27. The topological polar surface area (TPSA) is 62.3 Å². The van der Waals surface area contributed by atoms with Gasteiger partial charge in [-0.05, 0) is 48.2 Å². The second-order valence-corrected chi connectivity index (χ2v) is 6.65. The van der Waals surface area contributed by atoms with Crippen LogP contribution in [0.25, 0.3) is 10.9 Å². The molecule has 1 aliphatic rings. The second-order valence-electron chi connectivity index (χ2n) is 6.65. The van der Waals surface area contributed by atoms with Crippen molar-refractivity contribution in [2.24, 2.45) is 5.16 Å². The van der Waals surface area contributed by atoms with Gasteiger partial charge in [-0.15, -0.1) is 0 Å². The molecule has 0 spiro atoms. The zero-order chi connectivity index (χ0) is 17.2. The molecule has 2 aromatic carbocycles. The Labute approximate surface area is 147 Å². The van der Waals surface area contributed by atoms with Gasteiger partial charge in [-0.1, -0.05) is 29.4 Å². The molecular weight excluding hydrogens is 312 g/mol. The molecule has 0 aliphatic carbocycles. The first-order chi connectivity index (χ1) is 12.2. The summed E-state index contributed by atoms with van der Waals surface area (Å²) in [5.74, 6) is 0. The maximum Gasteiger partial charge on any atom is 0.145 e. The third-order valence-corrected chi connectivity index (χ3v) is 4.84. The fourth-order valence-electron chi connectivity index (χ4n) is 3.18. The summed E-state index contributed by atoms with van der Waals surface area (Å²) in [6.07, 6.45) is 2.80. The zero-order valence-electron chi connectivity index (χ0n) is 14.5. The molecule has 5 nitrogen and oxygen atoms in total. The van der Waals surface area contributed by atoms with Crippen LogP contribution >= 0.6 is 0 Å². The summed E-state index contributed by atoms with van der Waals surface area (Å²) in [7, 11) is 0. The number of aromatic amines is 1. The Kier molecular flexibility index (Phi) is 4.24. The van der Waals surface area contributed by atoms with Gasteiger partial charge < -0.3 is 10.2 Å². The number of benzene rings is 2. The Morgan fingerprint density at radius 3 is 3.00 bits per heavy atom. The lowest BCUT2D eigenvalue weighted by molar-refractivity contribution is 0.0849. The van der Waals surface area contributed by atoms with E-state index < -0.39 is 0 Å². The highest BCUT2D eigenvalue weighted by Crippen LogP contribution is 2.19. The van der Waals surface area contributed by atoms with Crippen molar-refractivity contribution in [3.63, 3.8) is 0 Å². The van der Waals surface area contributed by atoms with Crippen LogP contribution in [0.15, 0.2) is 47.8 Å². The van der Waals surface area contributed by atoms with Crippen LogP contribution in [0.2, 0.25) is 0 Å². The minimum atomic E-state index is 0.0835. The average molecular weight is 334 g/mol. The first kappa shape index (κ1) is 15.8. The lowest BCUT2D eigenvalue weighted by Gasteiger charge is -2.10. The Hall–Kier alpha value is -2.66. The van der Waals surface area contributed by atoms with E-state index in [4.69, 9.17) is 4.84 Å². The summed E-state index contributed by atoms with van der Waals surface area (Å²) in [5.41, 5.74) is 7.09. The molecule has 4 rings (SSSR count). The lowest BCUT2D eigenvalue weighted by Crippen LogP contribution is -2.26. The number of fused-ring (bicyclic) bond motifs is 1. The molecule has 0 bridgehead atoms. The van der Waals surface area contributed by atoms with E-state index in [-0.39, 0.29) is 6.10 Å². The predicted molar refractivity (Wildman–Crippen MR) is 99.7 cm³/mol. The van der Waals surface area contributed by atoms with E-state index in [0.717, 1.165) is 41.7 Å². The molecule has 1 unspecified atom stereocenters. The predicted octanol–water partition coefficient (Wildman–Crippen LogP) is 3.46. The number of hydrogen-bond donors (Lipinski definition) is 2. The van der Waals surface area contributed by atoms with E-state index in [1.165, 1.54) is 16.7 Å². The van der Waals surface area contributed by atoms with Crippen molar-refractivity contribution in [2.45, 2.75) is 32.9 Å². The summed E-state index contributed by atoms with van der Waals surface area (Å²) in [5, 5.41) is 16.0. The van der Waals surface area contributed by atoms with Gasteiger partial charge in [-0.3, -0.25) is 5.10 Å². The maximum absolute atomic E-state index is 5.61. The Morgan fingerprint density at radius 1 is 1.20 bits per heavy atom. The quantitative estimate of drug-likeness (QED) is 0.751. The first-order valence-electron chi connectivity index (χ1n) is 8.63. The molecule has 0 saturated carbocycles. The van der Waals surface area contributed by atoms with E-state index in [9.17, 15) is 0 Å². The van der Waals surface area contributed by atoms with Crippen LogP contribution in [-0.2, 0) is 11.4 Å². The first-order valence-corrected chi connectivity index (χ1v) is 8.63. The highest BCUT2D eigenvalue weighted by Gasteiger charge is 2.22. The van der Waals surface area contributed by atoms with Crippen molar-refractivity contribution in [2.75, 3.05) is 6.54 Å². The van der Waals surface area contributed by atoms with Crippen LogP contribution < -0.4 is 5.32 Å². The molecule has 5 heteroatoms. The number of hydrogen-bond acceptors (Lipinski definition) is 4. The summed E-state index contributed by atoms with van der Waals surface area (Å²) >= 11 is 0. The van der Waals surface area contributed by atoms with Crippen LogP contribution in [0.5, 0.6) is 0 Å². The molecule has 128 valence electrons. The van der Waals surface area contributed by atoms with Crippen LogP contribution in [0.4, 0.5) is 0 Å². The smallest absolute Gasteiger partial charge is 0.145 e. The van der Waals surface area contributed by atoms with Gasteiger partial charge in [0, 0.05) is 24.9 Å². The van der Waals surface area contributed by atoms with Gasteiger partial charge in [0.15, 0.2) is 0 Å². The number of rotatable bonds is 5. The fourth-order valence-corrected chi connectivity index (χ4v) is 3.18. The van der Waals surface area contributed by atoms with Crippen molar-refractivity contribution < 1.29 is 4.84 Å². The van der Waals surface area contributed by atoms with E-state index in [2.05, 4.69) is 58.8 Å². The Bertz CT molecular complexity index is 928. The number of aryl methyl sites for hydroxylation is 2. The van der Waals surface area contributed by atoms with Gasteiger partial charge in [0.1, 0.15) is 6.10 Å². The molecule has 25 heavy (non-hydrogen) atoms. The van der Waals surface area contributed by atoms with Gasteiger partial charge in [-0.2, -0.15) is 5.10 Å². The van der Waals surface area contributed by atoms with Crippen LogP contribution in [-0.4, -0.2) is 28.6 Å². The number of nitrogens with zero attached hydrogens (tertiary/aromatic N) is 2. The molecule has 0 saturated heterocycles. The minimum Gasteiger partial charge on any atom is -0.390 e. The monoisotopic (exact) mass is 334 g/mol. The highest BCUT2D eigenvalue weighted by molar-refractivity contribution is 6.01. The Balaban J connectivity index is 1.33. The van der Waals surface area contributed by atoms with E-state index in [0.29, 0.717) is 0 Å². The second kappa shape index (κ2) is 6.69. The summed E-state index contributed by atoms with van der Waals surface area (Å²) < 4.78 is 0. The van der Waals surface area contributed by atoms with Crippen LogP contribution in [0, 0.1) is 13.8 Å². The highest BCUT2D eigenvalue weighted by atomic mass is 16.6. The third kappa shape index (κ3) is 3.28. The standard InChI is InChI=1S/C20H22N4O/c1-13-6-7-15(8-14(13)2)20-9-17(25-24-20)11-21-10-16-4-3-5-19-18(16)12-22-23-19/h3-8,12,17,21H,9-11H2,1-2H3,(H,22,23). The Morgan fingerprint density at radius 2 is 2.12 bits per heavy atom. The molecule has 1 aromatic heterocycles. The molecule has 2 heterocycles. The molecular formula is C20H22N4O. The number of aromatic nitrogens is 2. The maximum atomic E-state index is 5.61. The lowest BCUT2D eigenvalue weighted by atomic mass is 10.0. The van der Waals surface area contributed by atoms with Gasteiger partial charge >= 0.3 is 0 Å². The number of nitrogens with one attached hydrogen (secondary N) is 2. The van der Waals surface area contributed by atoms with Gasteiger partial charge in [0.05, 0.1) is 17.4 Å². The van der Waals surface area contributed by atoms with Gasteiger partial charge in [-0.25, -0.2) is 0 Å². The van der Waals surface area contributed by atoms with Crippen LogP contribution in [0.3, 0.4) is 0 Å². The molecule has 2 N–H and O–H groups in total. The van der Waals surface area contributed by atoms with Crippen LogP contribution in [0.1, 0.15) is 28.7 Å². The van der Waals surface area contributed by atoms with Crippen molar-refractivity contribution >= 4 is 16.6 Å². The summed E-state index contributed by atoms with van der Waals surface area (Å²) in [6, 6.07) is 12.7. The molecule has 0 fully saturated rings. The molecule has 0 radical (unpaired) electrons. The SMILES string of the molecule is Cc1ccc(C2=NOC(CNCc3cccc4[nH]ncc34)C2)cc1C. The zero-order valence-corrected chi connectivity index (χ0v) is 14.5. The van der Waals surface area contributed by atoms with Crippen molar-refractivity contribution in [1.82, 2.24) is 15.5 Å². The van der Waals surface area contributed by atoms with E-state index in [1.54, 1.807) is 0 Å². The van der Waals surface area contributed by atoms with E-state index in [1.807, 2.05) is 18.3 Å². The van der Waals surface area contributed by atoms with Crippen molar-refractivity contribution in [3.8, 4) is 0 Å². The largest absolute Gasteiger partial charge is 0.390 e. The van der Waals surface area contributed by atoms with Gasteiger partial charge in [0.25, 0.3) is 0 Å². The normalized spacial score (nSPS) is 16.9. The van der Waals surface area contributed by atoms with Crippen molar-refractivity contribution in [3.05, 3.63) is 64.8 Å². The van der Waals surface area contributed by atoms with Gasteiger partial charge in [0.2, 0.25) is 0 Å². The number of H-pyrrole nitrogens is 1. The number of oxime groups is 1. The molecule has 3 aromatic rings. The molecule has 1 aliphatic heterocycles. The van der Waals surface area contributed by atoms with Crippen molar-refractivity contribution in [1.29, 1.82) is 0 Å². The fraction of sp³-hybridized carbons (Fsp3) is 0.300. The molecule has 0 amide bonds. The summed E-state index contributed by atoms with van der Waals surface area (Å²) in [6.45, 7) is 5.81. The summed E-state index contributed by atoms with van der Waals surface area (Å²) in [4.78, 5) is 5.61. The molecule has 1 atom stereocenters. The third-order valence-electron chi connectivity index (χ3n) is 4.84.